The summed E-state index contributed by atoms with van der Waals surface area (Å²) in [4.78, 5) is 27.1. The molecule has 0 atom stereocenters. The number of amides is 2. The molecule has 1 aliphatic carbocycles. The third-order valence-corrected chi connectivity index (χ3v) is 5.69. The Morgan fingerprint density at radius 2 is 1.75 bits per heavy atom. The standard InChI is InChI=1S/C18H33N3O3/c1-3-20(13-17(22)23)16-8-10-21(11-9-16)18(24)19-12-15-6-4-14(2)5-7-15/h14-16H,3-13H2,1-2H3,(H,19,24)(H,22,23). The molecule has 2 N–H and O–H groups in total. The van der Waals surface area contributed by atoms with Crippen molar-refractivity contribution in [1.29, 1.82) is 0 Å². The number of carbonyl (C=O) groups is 2. The molecule has 0 aromatic carbocycles. The number of nitrogens with one attached hydrogen (secondary N) is 1. The van der Waals surface area contributed by atoms with E-state index in [9.17, 15) is 9.59 Å². The number of aliphatic carboxylic acids is 1. The van der Waals surface area contributed by atoms with E-state index in [1.807, 2.05) is 16.7 Å². The van der Waals surface area contributed by atoms with Gasteiger partial charge < -0.3 is 15.3 Å². The van der Waals surface area contributed by atoms with E-state index in [0.717, 1.165) is 31.8 Å². The molecule has 24 heavy (non-hydrogen) atoms. The van der Waals surface area contributed by atoms with Crippen molar-refractivity contribution in [2.75, 3.05) is 32.7 Å². The van der Waals surface area contributed by atoms with Gasteiger partial charge in [-0.15, -0.1) is 0 Å². The minimum Gasteiger partial charge on any atom is -0.480 e. The molecule has 1 aliphatic heterocycles. The summed E-state index contributed by atoms with van der Waals surface area (Å²) in [5, 5.41) is 12.1. The number of hydrogen-bond acceptors (Lipinski definition) is 3. The van der Waals surface area contributed by atoms with Crippen molar-refractivity contribution in [1.82, 2.24) is 15.1 Å². The van der Waals surface area contributed by atoms with Crippen molar-refractivity contribution in [3.8, 4) is 0 Å². The van der Waals surface area contributed by atoms with Gasteiger partial charge in [-0.1, -0.05) is 26.7 Å². The van der Waals surface area contributed by atoms with Crippen LogP contribution in [0.1, 0.15) is 52.4 Å². The van der Waals surface area contributed by atoms with Gasteiger partial charge in [0.1, 0.15) is 0 Å². The average molecular weight is 339 g/mol. The number of rotatable bonds is 6. The zero-order chi connectivity index (χ0) is 17.5. The van der Waals surface area contributed by atoms with Crippen molar-refractivity contribution in [2.24, 2.45) is 11.8 Å². The van der Waals surface area contributed by atoms with Gasteiger partial charge in [-0.3, -0.25) is 9.69 Å². The Morgan fingerprint density at radius 1 is 1.12 bits per heavy atom. The summed E-state index contributed by atoms with van der Waals surface area (Å²) in [5.41, 5.74) is 0. The third kappa shape index (κ3) is 5.65. The molecule has 0 radical (unpaired) electrons. The summed E-state index contributed by atoms with van der Waals surface area (Å²) in [5.74, 6) is 0.691. The minimum atomic E-state index is -0.779. The lowest BCUT2D eigenvalue weighted by Crippen LogP contribution is -2.51. The Kier molecular flexibility index (Phi) is 7.34. The smallest absolute Gasteiger partial charge is 0.317 e. The van der Waals surface area contributed by atoms with Crippen molar-refractivity contribution < 1.29 is 14.7 Å². The van der Waals surface area contributed by atoms with Crippen LogP contribution in [0.15, 0.2) is 0 Å². The van der Waals surface area contributed by atoms with Crippen molar-refractivity contribution in [3.63, 3.8) is 0 Å². The van der Waals surface area contributed by atoms with E-state index in [1.165, 1.54) is 25.7 Å². The first-order valence-corrected chi connectivity index (χ1v) is 9.48. The lowest BCUT2D eigenvalue weighted by molar-refractivity contribution is -0.139. The molecule has 1 saturated heterocycles. The molecule has 0 unspecified atom stereocenters. The van der Waals surface area contributed by atoms with Crippen LogP contribution in [0.3, 0.4) is 0 Å². The summed E-state index contributed by atoms with van der Waals surface area (Å²) in [6.45, 7) is 7.36. The molecular formula is C18H33N3O3. The molecule has 6 nitrogen and oxygen atoms in total. The molecule has 2 aliphatic rings. The van der Waals surface area contributed by atoms with E-state index in [0.29, 0.717) is 19.0 Å². The number of likely N-dealkylation sites (tertiary alicyclic amines) is 1. The molecule has 1 heterocycles. The number of carboxylic acids is 1. The first-order valence-electron chi connectivity index (χ1n) is 9.48. The van der Waals surface area contributed by atoms with E-state index < -0.39 is 5.97 Å². The van der Waals surface area contributed by atoms with Crippen LogP contribution < -0.4 is 5.32 Å². The molecule has 6 heteroatoms. The number of carbonyl (C=O) groups excluding carboxylic acids is 1. The lowest BCUT2D eigenvalue weighted by atomic mass is 9.83. The van der Waals surface area contributed by atoms with Crippen LogP contribution in [0.5, 0.6) is 0 Å². The Bertz CT molecular complexity index is 414. The minimum absolute atomic E-state index is 0.0494. The van der Waals surface area contributed by atoms with Gasteiger partial charge in [0.2, 0.25) is 0 Å². The predicted octanol–water partition coefficient (Wildman–Crippen LogP) is 2.39. The Hall–Kier alpha value is -1.30. The van der Waals surface area contributed by atoms with Crippen LogP contribution in [0.25, 0.3) is 0 Å². The highest BCUT2D eigenvalue weighted by Crippen LogP contribution is 2.27. The summed E-state index contributed by atoms with van der Waals surface area (Å²) in [7, 11) is 0. The van der Waals surface area contributed by atoms with Gasteiger partial charge in [0, 0.05) is 25.7 Å². The van der Waals surface area contributed by atoms with Crippen LogP contribution in [-0.2, 0) is 4.79 Å². The molecule has 2 rings (SSSR count). The quantitative estimate of drug-likeness (QED) is 0.779. The van der Waals surface area contributed by atoms with Crippen molar-refractivity contribution in [2.45, 2.75) is 58.4 Å². The Morgan fingerprint density at radius 3 is 2.29 bits per heavy atom. The lowest BCUT2D eigenvalue weighted by Gasteiger charge is -2.37. The van der Waals surface area contributed by atoms with Crippen LogP contribution >= 0.6 is 0 Å². The first kappa shape index (κ1) is 19.0. The Balaban J connectivity index is 1.69. The third-order valence-electron chi connectivity index (χ3n) is 5.69. The normalized spacial score (nSPS) is 25.7. The van der Waals surface area contributed by atoms with Crippen LogP contribution in [0.4, 0.5) is 4.79 Å². The van der Waals surface area contributed by atoms with Gasteiger partial charge in [-0.2, -0.15) is 0 Å². The van der Waals surface area contributed by atoms with E-state index in [-0.39, 0.29) is 18.6 Å². The fraction of sp³-hybridized carbons (Fsp3) is 0.889. The van der Waals surface area contributed by atoms with Crippen LogP contribution in [-0.4, -0.2) is 65.7 Å². The zero-order valence-electron chi connectivity index (χ0n) is 15.2. The Labute approximate surface area is 145 Å². The highest BCUT2D eigenvalue weighted by molar-refractivity contribution is 5.74. The van der Waals surface area contributed by atoms with E-state index >= 15 is 0 Å². The van der Waals surface area contributed by atoms with Crippen molar-refractivity contribution in [3.05, 3.63) is 0 Å². The van der Waals surface area contributed by atoms with Crippen molar-refractivity contribution >= 4 is 12.0 Å². The molecule has 0 aromatic rings. The number of nitrogens with zero attached hydrogens (tertiary/aromatic N) is 2. The highest BCUT2D eigenvalue weighted by atomic mass is 16.4. The first-order chi connectivity index (χ1) is 11.5. The summed E-state index contributed by atoms with van der Waals surface area (Å²) < 4.78 is 0. The molecule has 2 amide bonds. The van der Waals surface area contributed by atoms with Crippen LogP contribution in [0.2, 0.25) is 0 Å². The van der Waals surface area contributed by atoms with Gasteiger partial charge in [0.25, 0.3) is 0 Å². The molecule has 1 saturated carbocycles. The number of piperidine rings is 1. The largest absolute Gasteiger partial charge is 0.480 e. The summed E-state index contributed by atoms with van der Waals surface area (Å²) >= 11 is 0. The second-order valence-corrected chi connectivity index (χ2v) is 7.49. The fourth-order valence-electron chi connectivity index (χ4n) is 3.98. The zero-order valence-corrected chi connectivity index (χ0v) is 15.2. The van der Waals surface area contributed by atoms with Gasteiger partial charge in [-0.05, 0) is 44.1 Å². The van der Waals surface area contributed by atoms with Gasteiger partial charge >= 0.3 is 12.0 Å². The number of carboxylic acid groups (broad SMARTS) is 1. The monoisotopic (exact) mass is 339 g/mol. The molecule has 138 valence electrons. The maximum Gasteiger partial charge on any atom is 0.317 e. The topological polar surface area (TPSA) is 72.9 Å². The molecule has 0 spiro atoms. The maximum atomic E-state index is 12.3. The summed E-state index contributed by atoms with van der Waals surface area (Å²) in [6, 6.07) is 0.323. The molecule has 2 fully saturated rings. The van der Waals surface area contributed by atoms with Gasteiger partial charge in [0.15, 0.2) is 0 Å². The van der Waals surface area contributed by atoms with Gasteiger partial charge in [-0.25, -0.2) is 4.79 Å². The van der Waals surface area contributed by atoms with Gasteiger partial charge in [0.05, 0.1) is 6.54 Å². The highest BCUT2D eigenvalue weighted by Gasteiger charge is 2.27. The second-order valence-electron chi connectivity index (χ2n) is 7.49. The van der Waals surface area contributed by atoms with Crippen LogP contribution in [0, 0.1) is 11.8 Å². The predicted molar refractivity (Wildman–Crippen MR) is 94.0 cm³/mol. The summed E-state index contributed by atoms with van der Waals surface area (Å²) in [6.07, 6.45) is 6.73. The maximum absolute atomic E-state index is 12.3. The number of likely N-dealkylation sites (N-methyl/N-ethyl adjacent to an activating group) is 1. The van der Waals surface area contributed by atoms with E-state index in [1.54, 1.807) is 0 Å². The fourth-order valence-corrected chi connectivity index (χ4v) is 3.98. The van der Waals surface area contributed by atoms with E-state index in [2.05, 4.69) is 12.2 Å². The molecule has 0 bridgehead atoms. The number of hydrogen-bond donors (Lipinski definition) is 2. The average Bonchev–Trinajstić information content (AvgIpc) is 2.59. The molecule has 0 aromatic heterocycles. The number of urea groups is 1. The second kappa shape index (κ2) is 9.25. The SMILES string of the molecule is CCN(CC(=O)O)C1CCN(C(=O)NCC2CCC(C)CC2)CC1. The van der Waals surface area contributed by atoms with E-state index in [4.69, 9.17) is 5.11 Å². The molecular weight excluding hydrogens is 306 g/mol.